The van der Waals surface area contributed by atoms with E-state index in [4.69, 9.17) is 10.9 Å². The number of nitrogens with two attached hydrogens (primary N) is 1. The Balaban J connectivity index is 0.00000288. The number of rotatable bonds is 7. The lowest BCUT2D eigenvalue weighted by molar-refractivity contribution is -0.131. The van der Waals surface area contributed by atoms with Gasteiger partial charge in [0, 0.05) is 13.1 Å². The summed E-state index contributed by atoms with van der Waals surface area (Å²) < 4.78 is 0. The largest absolute Gasteiger partial charge is 0.328 e. The second kappa shape index (κ2) is 9.82. The highest BCUT2D eigenvalue weighted by atomic mass is 16.5. The minimum atomic E-state index is -0.610. The smallest absolute Gasteiger partial charge is 0.261 e. The van der Waals surface area contributed by atoms with Gasteiger partial charge in [-0.05, 0) is 28.7 Å². The molecule has 5 nitrogen and oxygen atoms in total. The summed E-state index contributed by atoms with van der Waals surface area (Å²) in [4.78, 5) is 11.4. The van der Waals surface area contributed by atoms with Crippen LogP contribution in [0.5, 0.6) is 0 Å². The molecule has 5 N–H and O–H groups in total. The molecule has 0 heterocycles. The SMILES string of the molecule is C.CCc1ccc(-c2ccc(CN[C@@H](CN)C(=O)NO)cc2)cc1. The first-order chi connectivity index (χ1) is 11.2. The fourth-order valence-electron chi connectivity index (χ4n) is 2.35. The maximum Gasteiger partial charge on any atom is 0.261 e. The van der Waals surface area contributed by atoms with Gasteiger partial charge >= 0.3 is 0 Å². The Labute approximate surface area is 143 Å². The third-order valence-corrected chi connectivity index (χ3v) is 3.86. The molecule has 0 spiro atoms. The molecule has 0 radical (unpaired) electrons. The number of nitrogens with one attached hydrogen (secondary N) is 2. The van der Waals surface area contributed by atoms with Gasteiger partial charge in [0.2, 0.25) is 0 Å². The van der Waals surface area contributed by atoms with Gasteiger partial charge in [-0.1, -0.05) is 62.9 Å². The van der Waals surface area contributed by atoms with Crippen molar-refractivity contribution < 1.29 is 10.0 Å². The second-order valence-corrected chi connectivity index (χ2v) is 5.39. The van der Waals surface area contributed by atoms with Crippen molar-refractivity contribution in [2.75, 3.05) is 6.54 Å². The van der Waals surface area contributed by atoms with Crippen LogP contribution in [0.3, 0.4) is 0 Å². The minimum absolute atomic E-state index is 0. The zero-order valence-corrected chi connectivity index (χ0v) is 13.3. The van der Waals surface area contributed by atoms with Crippen molar-refractivity contribution in [1.29, 1.82) is 0 Å². The van der Waals surface area contributed by atoms with Crippen molar-refractivity contribution in [2.24, 2.45) is 5.73 Å². The van der Waals surface area contributed by atoms with E-state index in [1.807, 2.05) is 12.1 Å². The Morgan fingerprint density at radius 3 is 1.96 bits per heavy atom. The standard InChI is InChI=1S/C18H23N3O2.CH4/c1-2-13-3-7-15(8-4-13)16-9-5-14(6-10-16)12-20-17(11-19)18(22)21-23;/h3-10,17,20,23H,2,11-12,19H2,1H3,(H,21,22);1H4/t17-;/m0./s1. The summed E-state index contributed by atoms with van der Waals surface area (Å²) in [6.45, 7) is 2.76. The van der Waals surface area contributed by atoms with Gasteiger partial charge in [-0.3, -0.25) is 10.0 Å². The topological polar surface area (TPSA) is 87.4 Å². The molecule has 5 heteroatoms. The van der Waals surface area contributed by atoms with Gasteiger partial charge in [0.1, 0.15) is 6.04 Å². The van der Waals surface area contributed by atoms with Crippen molar-refractivity contribution in [1.82, 2.24) is 10.8 Å². The number of benzene rings is 2. The molecule has 2 rings (SSSR count). The van der Waals surface area contributed by atoms with Gasteiger partial charge in [-0.25, -0.2) is 5.48 Å². The molecule has 0 aliphatic rings. The summed E-state index contributed by atoms with van der Waals surface area (Å²) in [7, 11) is 0. The summed E-state index contributed by atoms with van der Waals surface area (Å²) in [6.07, 6.45) is 1.04. The molecule has 0 fully saturated rings. The molecule has 0 aromatic heterocycles. The lowest BCUT2D eigenvalue weighted by Gasteiger charge is -2.14. The van der Waals surface area contributed by atoms with Crippen LogP contribution in [0.4, 0.5) is 0 Å². The van der Waals surface area contributed by atoms with E-state index in [0.29, 0.717) is 6.54 Å². The van der Waals surface area contributed by atoms with Crippen LogP contribution in [0, 0.1) is 0 Å². The number of hydrogen-bond donors (Lipinski definition) is 4. The first kappa shape index (κ1) is 19.8. The van der Waals surface area contributed by atoms with E-state index in [1.54, 1.807) is 5.48 Å². The van der Waals surface area contributed by atoms with Gasteiger partial charge in [-0.2, -0.15) is 0 Å². The van der Waals surface area contributed by atoms with E-state index in [-0.39, 0.29) is 14.0 Å². The predicted molar refractivity (Wildman–Crippen MR) is 97.6 cm³/mol. The molecule has 0 unspecified atom stereocenters. The van der Waals surface area contributed by atoms with Crippen LogP contribution >= 0.6 is 0 Å². The lowest BCUT2D eigenvalue weighted by atomic mass is 10.0. The van der Waals surface area contributed by atoms with Crippen LogP contribution in [-0.4, -0.2) is 23.7 Å². The highest BCUT2D eigenvalue weighted by Crippen LogP contribution is 2.20. The van der Waals surface area contributed by atoms with E-state index in [9.17, 15) is 4.79 Å². The number of hydroxylamine groups is 1. The van der Waals surface area contributed by atoms with E-state index in [0.717, 1.165) is 17.5 Å². The molecule has 1 atom stereocenters. The molecule has 0 aliphatic carbocycles. The quantitative estimate of drug-likeness (QED) is 0.464. The lowest BCUT2D eigenvalue weighted by Crippen LogP contribution is -2.47. The van der Waals surface area contributed by atoms with Gasteiger partial charge in [-0.15, -0.1) is 0 Å². The molecule has 0 saturated carbocycles. The van der Waals surface area contributed by atoms with Crippen LogP contribution in [0.1, 0.15) is 25.5 Å². The van der Waals surface area contributed by atoms with E-state index in [1.165, 1.54) is 11.1 Å². The van der Waals surface area contributed by atoms with E-state index < -0.39 is 11.9 Å². The third kappa shape index (κ3) is 5.16. The summed E-state index contributed by atoms with van der Waals surface area (Å²) in [5.74, 6) is -0.528. The zero-order chi connectivity index (χ0) is 16.7. The second-order valence-electron chi connectivity index (χ2n) is 5.39. The minimum Gasteiger partial charge on any atom is -0.328 e. The first-order valence-corrected chi connectivity index (χ1v) is 7.73. The van der Waals surface area contributed by atoms with Crippen molar-refractivity contribution in [3.63, 3.8) is 0 Å². The monoisotopic (exact) mass is 329 g/mol. The fraction of sp³-hybridized carbons (Fsp3) is 0.316. The Bertz CT molecular complexity index is 624. The average molecular weight is 329 g/mol. The Hall–Kier alpha value is -2.21. The van der Waals surface area contributed by atoms with Crippen LogP contribution < -0.4 is 16.5 Å². The number of hydrogen-bond acceptors (Lipinski definition) is 4. The summed E-state index contributed by atoms with van der Waals surface area (Å²) >= 11 is 0. The first-order valence-electron chi connectivity index (χ1n) is 7.73. The Kier molecular flexibility index (Phi) is 8.12. The number of carbonyl (C=O) groups excluding carboxylic acids is 1. The van der Waals surface area contributed by atoms with Crippen LogP contribution in [0.15, 0.2) is 48.5 Å². The molecule has 0 aliphatic heterocycles. The average Bonchev–Trinajstić information content (AvgIpc) is 2.62. The van der Waals surface area contributed by atoms with Crippen LogP contribution in [0.25, 0.3) is 11.1 Å². The molecule has 24 heavy (non-hydrogen) atoms. The number of amides is 1. The Morgan fingerprint density at radius 1 is 1.04 bits per heavy atom. The number of aryl methyl sites for hydroxylation is 1. The van der Waals surface area contributed by atoms with Gasteiger partial charge < -0.3 is 11.1 Å². The fourth-order valence-corrected chi connectivity index (χ4v) is 2.35. The summed E-state index contributed by atoms with van der Waals surface area (Å²) in [5.41, 5.74) is 11.8. The molecule has 0 bridgehead atoms. The molecular weight excluding hydrogens is 302 g/mol. The molecule has 2 aromatic rings. The summed E-state index contributed by atoms with van der Waals surface area (Å²) in [6, 6.07) is 16.1. The van der Waals surface area contributed by atoms with Crippen LogP contribution in [0.2, 0.25) is 0 Å². The van der Waals surface area contributed by atoms with Gasteiger partial charge in [0.25, 0.3) is 5.91 Å². The summed E-state index contributed by atoms with van der Waals surface area (Å²) in [5, 5.41) is 11.7. The maximum atomic E-state index is 11.4. The van der Waals surface area contributed by atoms with E-state index >= 15 is 0 Å². The maximum absolute atomic E-state index is 11.4. The molecule has 2 aromatic carbocycles. The molecular formula is C19H27N3O2. The van der Waals surface area contributed by atoms with Gasteiger partial charge in [0.05, 0.1) is 0 Å². The highest BCUT2D eigenvalue weighted by Gasteiger charge is 2.14. The van der Waals surface area contributed by atoms with E-state index in [2.05, 4.69) is 48.6 Å². The molecule has 0 saturated heterocycles. The van der Waals surface area contributed by atoms with Crippen LogP contribution in [-0.2, 0) is 17.8 Å². The molecule has 1 amide bonds. The van der Waals surface area contributed by atoms with Crippen molar-refractivity contribution in [2.45, 2.75) is 33.4 Å². The third-order valence-electron chi connectivity index (χ3n) is 3.86. The number of carbonyl (C=O) groups is 1. The molecule has 130 valence electrons. The predicted octanol–water partition coefficient (Wildman–Crippen LogP) is 2.47. The van der Waals surface area contributed by atoms with Crippen molar-refractivity contribution >= 4 is 5.91 Å². The van der Waals surface area contributed by atoms with Crippen molar-refractivity contribution in [3.8, 4) is 11.1 Å². The highest BCUT2D eigenvalue weighted by molar-refractivity contribution is 5.80. The zero-order valence-electron chi connectivity index (χ0n) is 13.3. The Morgan fingerprint density at radius 2 is 1.54 bits per heavy atom. The van der Waals surface area contributed by atoms with Gasteiger partial charge in [0.15, 0.2) is 0 Å². The van der Waals surface area contributed by atoms with Crippen molar-refractivity contribution in [3.05, 3.63) is 59.7 Å². The normalized spacial score (nSPS) is 11.5.